The van der Waals surface area contributed by atoms with Crippen LogP contribution in [0.2, 0.25) is 0 Å². The van der Waals surface area contributed by atoms with Crippen molar-refractivity contribution in [3.63, 3.8) is 0 Å². The third-order valence-corrected chi connectivity index (χ3v) is 6.92. The lowest BCUT2D eigenvalue weighted by atomic mass is 10.0. The number of rotatable bonds is 18. The number of nitrogens with zero attached hydrogens (tertiary/aromatic N) is 3. The molecule has 3 rings (SSSR count). The molecule has 1 heterocycles. The Morgan fingerprint density at radius 3 is 2.08 bits per heavy atom. The monoisotopic (exact) mass is 491 g/mol. The fraction of sp³-hybridized carbons (Fsp3) is 0.548. The van der Waals surface area contributed by atoms with Gasteiger partial charge in [-0.2, -0.15) is 0 Å². The second kappa shape index (κ2) is 16.0. The predicted octanol–water partition coefficient (Wildman–Crippen LogP) is 8.98. The molecule has 5 nitrogen and oxygen atoms in total. The van der Waals surface area contributed by atoms with Crippen molar-refractivity contribution in [1.82, 2.24) is 9.55 Å². The van der Waals surface area contributed by atoms with Crippen LogP contribution in [0.15, 0.2) is 47.5 Å². The third-order valence-electron chi connectivity index (χ3n) is 6.92. The zero-order chi connectivity index (χ0) is 25.4. The molecule has 0 amide bonds. The number of para-hydroxylation sites is 2. The maximum atomic E-state index is 10.2. The highest BCUT2D eigenvalue weighted by atomic mass is 16.5. The molecule has 0 fully saturated rings. The average molecular weight is 492 g/mol. The highest BCUT2D eigenvalue weighted by molar-refractivity contribution is 5.86. The molecule has 196 valence electrons. The number of aryl methyl sites for hydroxylation is 1. The van der Waals surface area contributed by atoms with E-state index < -0.39 is 0 Å². The van der Waals surface area contributed by atoms with E-state index in [0.717, 1.165) is 24.0 Å². The Morgan fingerprint density at radius 1 is 0.833 bits per heavy atom. The molecule has 1 N–H and O–H groups in total. The molecule has 0 radical (unpaired) electrons. The number of benzene rings is 2. The SMILES string of the molecule is CCCCCCCCCCCCCCCCn1c(/N=C/c2cc(OC)ccc2O)nc2ccccc21. The van der Waals surface area contributed by atoms with E-state index in [0.29, 0.717) is 17.3 Å². The number of unbranched alkanes of at least 4 members (excludes halogenated alkanes) is 13. The van der Waals surface area contributed by atoms with E-state index in [4.69, 9.17) is 9.72 Å². The molecule has 0 aliphatic rings. The molecular weight excluding hydrogens is 446 g/mol. The van der Waals surface area contributed by atoms with Crippen molar-refractivity contribution in [3.8, 4) is 11.5 Å². The van der Waals surface area contributed by atoms with Crippen LogP contribution < -0.4 is 4.74 Å². The van der Waals surface area contributed by atoms with Gasteiger partial charge >= 0.3 is 0 Å². The van der Waals surface area contributed by atoms with Crippen molar-refractivity contribution in [1.29, 1.82) is 0 Å². The number of aliphatic imine (C=N–C) groups is 1. The fourth-order valence-electron chi connectivity index (χ4n) is 4.74. The standard InChI is InChI=1S/C31H45N3O2/c1-3-4-5-6-7-8-9-10-11-12-13-14-15-18-23-34-29-20-17-16-19-28(29)33-31(34)32-25-26-24-27(36-2)21-22-30(26)35/h16-17,19-22,24-25,35H,3-15,18,23H2,1-2H3/b32-25+. The van der Waals surface area contributed by atoms with Gasteiger partial charge in [0.2, 0.25) is 5.95 Å². The van der Waals surface area contributed by atoms with E-state index in [1.165, 1.54) is 83.5 Å². The van der Waals surface area contributed by atoms with Gasteiger partial charge in [-0.25, -0.2) is 9.98 Å². The largest absolute Gasteiger partial charge is 0.507 e. The van der Waals surface area contributed by atoms with E-state index >= 15 is 0 Å². The lowest BCUT2D eigenvalue weighted by Crippen LogP contribution is -1.98. The average Bonchev–Trinajstić information content (AvgIpc) is 3.25. The quantitative estimate of drug-likeness (QED) is 0.143. The number of fused-ring (bicyclic) bond motifs is 1. The van der Waals surface area contributed by atoms with Crippen LogP contribution in [0.4, 0.5) is 5.95 Å². The first-order valence-corrected chi connectivity index (χ1v) is 14.1. The second-order valence-electron chi connectivity index (χ2n) is 9.83. The van der Waals surface area contributed by atoms with Crippen molar-refractivity contribution in [2.24, 2.45) is 4.99 Å². The Labute approximate surface area is 217 Å². The molecule has 36 heavy (non-hydrogen) atoms. The molecule has 5 heteroatoms. The normalized spacial score (nSPS) is 11.6. The van der Waals surface area contributed by atoms with Crippen LogP contribution in [0.25, 0.3) is 11.0 Å². The summed E-state index contributed by atoms with van der Waals surface area (Å²) in [6.07, 6.45) is 20.6. The van der Waals surface area contributed by atoms with Crippen LogP contribution in [0.3, 0.4) is 0 Å². The molecule has 3 aromatic rings. The Kier molecular flexibility index (Phi) is 12.4. The minimum absolute atomic E-state index is 0.175. The Hall–Kier alpha value is -2.82. The number of methoxy groups -OCH3 is 1. The van der Waals surface area contributed by atoms with Gasteiger partial charge in [-0.1, -0.05) is 103 Å². The summed E-state index contributed by atoms with van der Waals surface area (Å²) >= 11 is 0. The van der Waals surface area contributed by atoms with Crippen molar-refractivity contribution < 1.29 is 9.84 Å². The summed E-state index contributed by atoms with van der Waals surface area (Å²) in [5.74, 6) is 1.53. The van der Waals surface area contributed by atoms with E-state index in [9.17, 15) is 5.11 Å². The first-order valence-electron chi connectivity index (χ1n) is 14.1. The summed E-state index contributed by atoms with van der Waals surface area (Å²) in [5, 5.41) is 10.2. The lowest BCUT2D eigenvalue weighted by molar-refractivity contribution is 0.412. The zero-order valence-electron chi connectivity index (χ0n) is 22.4. The van der Waals surface area contributed by atoms with Crippen LogP contribution in [0.1, 0.15) is 102 Å². The number of aromatic nitrogens is 2. The molecule has 0 saturated carbocycles. The smallest absolute Gasteiger partial charge is 0.230 e. The molecular formula is C31H45N3O2. The summed E-state index contributed by atoms with van der Waals surface area (Å²) in [7, 11) is 1.61. The first-order chi connectivity index (χ1) is 17.7. The van der Waals surface area contributed by atoms with Crippen molar-refractivity contribution in [2.45, 2.75) is 103 Å². The number of aromatic hydroxyl groups is 1. The maximum absolute atomic E-state index is 10.2. The summed E-state index contributed by atoms with van der Waals surface area (Å²) in [5.41, 5.74) is 2.67. The third kappa shape index (κ3) is 9.00. The van der Waals surface area contributed by atoms with Crippen LogP contribution in [0.5, 0.6) is 11.5 Å². The van der Waals surface area contributed by atoms with E-state index in [2.05, 4.69) is 22.5 Å². The summed E-state index contributed by atoms with van der Waals surface area (Å²) in [6.45, 7) is 3.18. The van der Waals surface area contributed by atoms with Crippen LogP contribution in [-0.2, 0) is 6.54 Å². The van der Waals surface area contributed by atoms with Gasteiger partial charge in [-0.15, -0.1) is 0 Å². The molecule has 0 spiro atoms. The van der Waals surface area contributed by atoms with E-state index in [1.807, 2.05) is 18.2 Å². The minimum atomic E-state index is 0.175. The highest BCUT2D eigenvalue weighted by Crippen LogP contribution is 2.25. The van der Waals surface area contributed by atoms with Gasteiger partial charge < -0.3 is 14.4 Å². The summed E-state index contributed by atoms with van der Waals surface area (Å²) in [4.78, 5) is 9.38. The lowest BCUT2D eigenvalue weighted by Gasteiger charge is -2.07. The van der Waals surface area contributed by atoms with Crippen LogP contribution in [-0.4, -0.2) is 28.0 Å². The van der Waals surface area contributed by atoms with Crippen LogP contribution >= 0.6 is 0 Å². The van der Waals surface area contributed by atoms with Gasteiger partial charge in [0.25, 0.3) is 0 Å². The number of imidazole rings is 1. The maximum Gasteiger partial charge on any atom is 0.230 e. The van der Waals surface area contributed by atoms with E-state index in [-0.39, 0.29) is 5.75 Å². The van der Waals surface area contributed by atoms with Gasteiger partial charge in [0.15, 0.2) is 0 Å². The van der Waals surface area contributed by atoms with Crippen molar-refractivity contribution in [3.05, 3.63) is 48.0 Å². The van der Waals surface area contributed by atoms with Gasteiger partial charge in [0.1, 0.15) is 11.5 Å². The molecule has 0 atom stereocenters. The topological polar surface area (TPSA) is 59.6 Å². The first kappa shape index (κ1) is 27.8. The van der Waals surface area contributed by atoms with Crippen LogP contribution in [0, 0.1) is 0 Å². The molecule has 0 aliphatic heterocycles. The molecule has 0 bridgehead atoms. The zero-order valence-corrected chi connectivity index (χ0v) is 22.4. The van der Waals surface area contributed by atoms with Gasteiger partial charge in [-0.05, 0) is 36.8 Å². The molecule has 0 aliphatic carbocycles. The number of phenols is 1. The van der Waals surface area contributed by atoms with Crippen molar-refractivity contribution in [2.75, 3.05) is 7.11 Å². The Morgan fingerprint density at radius 2 is 1.44 bits per heavy atom. The summed E-state index contributed by atoms with van der Waals surface area (Å²) < 4.78 is 7.47. The Balaban J connectivity index is 1.42. The van der Waals surface area contributed by atoms with Gasteiger partial charge in [0, 0.05) is 18.3 Å². The number of hydrogen-bond acceptors (Lipinski definition) is 4. The molecule has 0 saturated heterocycles. The van der Waals surface area contributed by atoms with Gasteiger partial charge in [0.05, 0.1) is 18.1 Å². The van der Waals surface area contributed by atoms with E-state index in [1.54, 1.807) is 31.5 Å². The Bertz CT molecular complexity index is 1060. The highest BCUT2D eigenvalue weighted by Gasteiger charge is 2.10. The number of phenolic OH excluding ortho intramolecular Hbond substituents is 1. The molecule has 0 unspecified atom stereocenters. The fourth-order valence-corrected chi connectivity index (χ4v) is 4.74. The number of hydrogen-bond donors (Lipinski definition) is 1. The molecule has 1 aromatic heterocycles. The molecule has 2 aromatic carbocycles. The summed E-state index contributed by atoms with van der Waals surface area (Å²) in [6, 6.07) is 13.3. The van der Waals surface area contributed by atoms with Gasteiger partial charge in [-0.3, -0.25) is 0 Å². The minimum Gasteiger partial charge on any atom is -0.507 e. The second-order valence-corrected chi connectivity index (χ2v) is 9.83. The predicted molar refractivity (Wildman–Crippen MR) is 152 cm³/mol. The number of ether oxygens (including phenoxy) is 1. The van der Waals surface area contributed by atoms with Crippen molar-refractivity contribution >= 4 is 23.2 Å².